The molecule has 212 valence electrons. The number of hydrogen-bond donors (Lipinski definition) is 0. The van der Waals surface area contributed by atoms with E-state index < -0.39 is 0 Å². The highest BCUT2D eigenvalue weighted by Gasteiger charge is 2.47. The summed E-state index contributed by atoms with van der Waals surface area (Å²) in [7, 11) is 0. The van der Waals surface area contributed by atoms with Gasteiger partial charge in [-0.2, -0.15) is 0 Å². The molecule has 3 heterocycles. The minimum absolute atomic E-state index is 0.0271. The van der Waals surface area contributed by atoms with Gasteiger partial charge < -0.3 is 14.2 Å². The maximum absolute atomic E-state index is 13.2. The molecular weight excluding hydrogens is 534 g/mol. The summed E-state index contributed by atoms with van der Waals surface area (Å²) >= 11 is 1.59. The second kappa shape index (κ2) is 11.9. The smallest absolute Gasteiger partial charge is 0.226 e. The molecule has 6 rings (SSSR count). The summed E-state index contributed by atoms with van der Waals surface area (Å²) in [5.41, 5.74) is 3.37. The second-order valence-corrected chi connectivity index (χ2v) is 12.0. The standard InChI is InChI=1S/C32H35N5O3S/c1-22-10-6-7-13-27(22)37-30(28-14-8-18-40-28)33-34-32(37)41-19-9-15-29(38)35-16-17-36(23(2)21-35)31(39)26-20-25(26)24-11-4-3-5-12-24/h3-8,10-14,18,23,25-26H,9,15-17,19-21H2,1-2H3. The van der Waals surface area contributed by atoms with Crippen LogP contribution in [0.5, 0.6) is 0 Å². The number of thioether (sulfide) groups is 1. The van der Waals surface area contributed by atoms with Gasteiger partial charge in [-0.25, -0.2) is 0 Å². The summed E-state index contributed by atoms with van der Waals surface area (Å²) in [5.74, 6) is 2.85. The van der Waals surface area contributed by atoms with E-state index in [2.05, 4.69) is 48.3 Å². The molecule has 0 spiro atoms. The number of para-hydroxylation sites is 1. The molecule has 2 fully saturated rings. The third-order valence-electron chi connectivity index (χ3n) is 8.10. The van der Waals surface area contributed by atoms with Gasteiger partial charge in [-0.15, -0.1) is 10.2 Å². The molecule has 41 heavy (non-hydrogen) atoms. The molecule has 8 nitrogen and oxygen atoms in total. The fourth-order valence-electron chi connectivity index (χ4n) is 5.77. The first-order chi connectivity index (χ1) is 20.0. The average Bonchev–Trinajstić information content (AvgIpc) is 3.39. The Kier molecular flexibility index (Phi) is 7.96. The van der Waals surface area contributed by atoms with Crippen molar-refractivity contribution in [3.63, 3.8) is 0 Å². The highest BCUT2D eigenvalue weighted by Crippen LogP contribution is 2.48. The molecule has 0 bridgehead atoms. The van der Waals surface area contributed by atoms with Crippen molar-refractivity contribution in [1.29, 1.82) is 0 Å². The van der Waals surface area contributed by atoms with Gasteiger partial charge in [-0.1, -0.05) is 60.3 Å². The Bertz CT molecular complexity index is 1500. The zero-order valence-corrected chi connectivity index (χ0v) is 24.3. The fourth-order valence-corrected chi connectivity index (χ4v) is 6.65. The lowest BCUT2D eigenvalue weighted by Crippen LogP contribution is -2.55. The molecule has 3 atom stereocenters. The van der Waals surface area contributed by atoms with Crippen molar-refractivity contribution >= 4 is 23.6 Å². The second-order valence-electron chi connectivity index (χ2n) is 10.9. The molecule has 4 aromatic rings. The van der Waals surface area contributed by atoms with E-state index in [9.17, 15) is 9.59 Å². The number of benzene rings is 2. The fraction of sp³-hybridized carbons (Fsp3) is 0.375. The molecule has 2 aromatic carbocycles. The van der Waals surface area contributed by atoms with Crippen molar-refractivity contribution in [3.8, 4) is 17.3 Å². The SMILES string of the molecule is Cc1ccccc1-n1c(SCCCC(=O)N2CCN(C(=O)C3CC3c3ccccc3)C(C)C2)nnc1-c1ccco1. The largest absolute Gasteiger partial charge is 0.461 e. The number of carbonyl (C=O) groups is 2. The van der Waals surface area contributed by atoms with E-state index in [-0.39, 0.29) is 23.8 Å². The normalized spacial score (nSPS) is 20.3. The first-order valence-corrected chi connectivity index (χ1v) is 15.3. The van der Waals surface area contributed by atoms with Crippen LogP contribution in [0.3, 0.4) is 0 Å². The topological polar surface area (TPSA) is 84.5 Å². The number of amides is 2. The van der Waals surface area contributed by atoms with Crippen molar-refractivity contribution < 1.29 is 14.0 Å². The van der Waals surface area contributed by atoms with Gasteiger partial charge in [-0.05, 0) is 61.9 Å². The monoisotopic (exact) mass is 569 g/mol. The summed E-state index contributed by atoms with van der Waals surface area (Å²) in [5, 5.41) is 9.65. The molecule has 1 saturated carbocycles. The van der Waals surface area contributed by atoms with Gasteiger partial charge in [0.05, 0.1) is 12.0 Å². The molecule has 2 aliphatic rings. The first kappa shape index (κ1) is 27.3. The van der Waals surface area contributed by atoms with E-state index in [0.717, 1.165) is 35.0 Å². The lowest BCUT2D eigenvalue weighted by atomic mass is 10.1. The number of furan rings is 1. The number of aromatic nitrogens is 3. The van der Waals surface area contributed by atoms with Gasteiger partial charge in [0, 0.05) is 43.8 Å². The molecule has 9 heteroatoms. The van der Waals surface area contributed by atoms with E-state index >= 15 is 0 Å². The Labute approximate surface area is 244 Å². The van der Waals surface area contributed by atoms with E-state index in [4.69, 9.17) is 4.42 Å². The average molecular weight is 570 g/mol. The van der Waals surface area contributed by atoms with Crippen molar-refractivity contribution in [3.05, 3.63) is 84.1 Å². The summed E-state index contributed by atoms with van der Waals surface area (Å²) in [4.78, 5) is 30.2. The molecule has 2 aromatic heterocycles. The Balaban J connectivity index is 1.01. The first-order valence-electron chi connectivity index (χ1n) is 14.3. The number of carbonyl (C=O) groups excluding carboxylic acids is 2. The number of rotatable bonds is 9. The van der Waals surface area contributed by atoms with E-state index in [1.165, 1.54) is 5.56 Å². The van der Waals surface area contributed by atoms with Crippen LogP contribution in [0.1, 0.15) is 43.2 Å². The highest BCUT2D eigenvalue weighted by molar-refractivity contribution is 7.99. The minimum atomic E-state index is 0.0271. The predicted octanol–water partition coefficient (Wildman–Crippen LogP) is 5.57. The van der Waals surface area contributed by atoms with E-state index in [0.29, 0.717) is 43.6 Å². The van der Waals surface area contributed by atoms with Crippen LogP contribution in [0, 0.1) is 12.8 Å². The van der Waals surface area contributed by atoms with Crippen LogP contribution >= 0.6 is 11.8 Å². The summed E-state index contributed by atoms with van der Waals surface area (Å²) in [6, 6.07) is 22.2. The van der Waals surface area contributed by atoms with Crippen molar-refractivity contribution in [1.82, 2.24) is 24.6 Å². The molecule has 1 saturated heterocycles. The predicted molar refractivity (Wildman–Crippen MR) is 159 cm³/mol. The van der Waals surface area contributed by atoms with Gasteiger partial charge in [0.1, 0.15) is 0 Å². The highest BCUT2D eigenvalue weighted by atomic mass is 32.2. The number of aryl methyl sites for hydroxylation is 1. The number of hydrogen-bond acceptors (Lipinski definition) is 6. The van der Waals surface area contributed by atoms with Gasteiger partial charge in [0.2, 0.25) is 17.6 Å². The molecule has 1 aliphatic carbocycles. The van der Waals surface area contributed by atoms with Crippen LogP contribution in [0.15, 0.2) is 82.6 Å². The van der Waals surface area contributed by atoms with Crippen molar-refractivity contribution in [2.24, 2.45) is 5.92 Å². The maximum atomic E-state index is 13.2. The molecule has 2 amide bonds. The Hall–Kier alpha value is -3.85. The quantitative estimate of drug-likeness (QED) is 0.194. The third-order valence-corrected chi connectivity index (χ3v) is 9.11. The molecule has 0 N–H and O–H groups in total. The summed E-state index contributed by atoms with van der Waals surface area (Å²) in [6.45, 7) is 5.91. The molecule has 1 aliphatic heterocycles. The van der Waals surface area contributed by atoms with E-state index in [1.807, 2.05) is 56.8 Å². The lowest BCUT2D eigenvalue weighted by Gasteiger charge is -2.40. The third kappa shape index (κ3) is 5.81. The zero-order valence-electron chi connectivity index (χ0n) is 23.5. The molecule has 3 unspecified atom stereocenters. The Morgan fingerprint density at radius 3 is 2.56 bits per heavy atom. The lowest BCUT2D eigenvalue weighted by molar-refractivity contribution is -0.143. The number of nitrogens with zero attached hydrogens (tertiary/aromatic N) is 5. The van der Waals surface area contributed by atoms with E-state index in [1.54, 1.807) is 18.0 Å². The van der Waals surface area contributed by atoms with Gasteiger partial charge in [-0.3, -0.25) is 14.2 Å². The van der Waals surface area contributed by atoms with Gasteiger partial charge in [0.25, 0.3) is 0 Å². The van der Waals surface area contributed by atoms with Crippen molar-refractivity contribution in [2.75, 3.05) is 25.4 Å². The van der Waals surface area contributed by atoms with Crippen molar-refractivity contribution in [2.45, 2.75) is 50.2 Å². The molecular formula is C32H35N5O3S. The summed E-state index contributed by atoms with van der Waals surface area (Å²) < 4.78 is 7.65. The number of piperazine rings is 1. The van der Waals surface area contributed by atoms with Gasteiger partial charge >= 0.3 is 0 Å². The Morgan fingerprint density at radius 2 is 1.80 bits per heavy atom. The van der Waals surface area contributed by atoms with Crippen LogP contribution in [0.4, 0.5) is 0 Å². The Morgan fingerprint density at radius 1 is 1.00 bits per heavy atom. The summed E-state index contributed by atoms with van der Waals surface area (Å²) in [6.07, 6.45) is 3.76. The maximum Gasteiger partial charge on any atom is 0.226 e. The van der Waals surface area contributed by atoms with Crippen LogP contribution in [-0.4, -0.2) is 67.8 Å². The zero-order chi connectivity index (χ0) is 28.3. The van der Waals surface area contributed by atoms with Crippen LogP contribution < -0.4 is 0 Å². The van der Waals surface area contributed by atoms with Gasteiger partial charge in [0.15, 0.2) is 10.9 Å². The van der Waals surface area contributed by atoms with Crippen LogP contribution in [0.2, 0.25) is 0 Å². The molecule has 0 radical (unpaired) electrons. The minimum Gasteiger partial charge on any atom is -0.461 e. The van der Waals surface area contributed by atoms with Crippen LogP contribution in [-0.2, 0) is 9.59 Å². The van der Waals surface area contributed by atoms with Crippen LogP contribution in [0.25, 0.3) is 17.3 Å².